The number of hydrogen-bond donors (Lipinski definition) is 1. The molecule has 0 spiro atoms. The average Bonchev–Trinajstić information content (AvgIpc) is 3.08. The highest BCUT2D eigenvalue weighted by Crippen LogP contribution is 2.35. The highest BCUT2D eigenvalue weighted by molar-refractivity contribution is 5.24. The molecule has 2 saturated heterocycles. The molecule has 0 aliphatic carbocycles. The third kappa shape index (κ3) is 2.60. The summed E-state index contributed by atoms with van der Waals surface area (Å²) in [7, 11) is 3.88. The summed E-state index contributed by atoms with van der Waals surface area (Å²) in [6.45, 7) is 3.41. The van der Waals surface area contributed by atoms with Gasteiger partial charge in [0.05, 0.1) is 6.04 Å². The molecule has 1 aromatic heterocycles. The van der Waals surface area contributed by atoms with Crippen LogP contribution < -0.4 is 10.2 Å². The Morgan fingerprint density at radius 1 is 1.26 bits per heavy atom. The van der Waals surface area contributed by atoms with Crippen molar-refractivity contribution in [1.29, 1.82) is 0 Å². The molecule has 2 aliphatic rings. The quantitative estimate of drug-likeness (QED) is 0.881. The summed E-state index contributed by atoms with van der Waals surface area (Å²) in [6.07, 6.45) is 4.82. The van der Waals surface area contributed by atoms with E-state index in [4.69, 9.17) is 4.52 Å². The van der Waals surface area contributed by atoms with Crippen LogP contribution in [0, 0.1) is 0 Å². The van der Waals surface area contributed by atoms with Gasteiger partial charge in [-0.25, -0.2) is 0 Å². The molecule has 0 saturated carbocycles. The Kier molecular flexibility index (Phi) is 3.70. The largest absolute Gasteiger partial charge is 0.344 e. The molecule has 19 heavy (non-hydrogen) atoms. The van der Waals surface area contributed by atoms with E-state index in [9.17, 15) is 0 Å². The lowest BCUT2D eigenvalue weighted by molar-refractivity contribution is 0.126. The molecular formula is C13H23N5O. The minimum absolute atomic E-state index is 0.323. The molecule has 1 atom stereocenters. The molecule has 6 heteroatoms. The maximum Gasteiger partial charge on any atom is 0.265 e. The van der Waals surface area contributed by atoms with E-state index in [1.165, 1.54) is 19.3 Å². The highest BCUT2D eigenvalue weighted by atomic mass is 16.5. The van der Waals surface area contributed by atoms with E-state index in [1.54, 1.807) is 0 Å². The van der Waals surface area contributed by atoms with Crippen molar-refractivity contribution >= 4 is 5.95 Å². The maximum absolute atomic E-state index is 5.47. The van der Waals surface area contributed by atoms with Crippen LogP contribution in [-0.4, -0.2) is 54.8 Å². The number of piperidine rings is 1. The van der Waals surface area contributed by atoms with E-state index in [0.717, 1.165) is 31.9 Å². The summed E-state index contributed by atoms with van der Waals surface area (Å²) in [5.41, 5.74) is 0. The first-order valence-electron chi connectivity index (χ1n) is 7.23. The van der Waals surface area contributed by atoms with Gasteiger partial charge in [0.1, 0.15) is 0 Å². The van der Waals surface area contributed by atoms with Gasteiger partial charge >= 0.3 is 0 Å². The van der Waals surface area contributed by atoms with Gasteiger partial charge in [-0.05, 0) is 50.5 Å². The number of anilines is 1. The third-order valence-corrected chi connectivity index (χ3v) is 4.19. The van der Waals surface area contributed by atoms with Gasteiger partial charge in [0.2, 0.25) is 5.89 Å². The molecule has 1 unspecified atom stereocenters. The minimum Gasteiger partial charge on any atom is -0.344 e. The third-order valence-electron chi connectivity index (χ3n) is 4.19. The first-order chi connectivity index (χ1) is 9.25. The van der Waals surface area contributed by atoms with Gasteiger partial charge in [-0.1, -0.05) is 0 Å². The number of hydrogen-bond acceptors (Lipinski definition) is 6. The highest BCUT2D eigenvalue weighted by Gasteiger charge is 2.35. The summed E-state index contributed by atoms with van der Waals surface area (Å²) < 4.78 is 5.47. The van der Waals surface area contributed by atoms with Gasteiger partial charge in [0.15, 0.2) is 0 Å². The summed E-state index contributed by atoms with van der Waals surface area (Å²) in [6, 6.07) is 0.993. The van der Waals surface area contributed by atoms with Crippen LogP contribution in [0.15, 0.2) is 4.52 Å². The summed E-state index contributed by atoms with van der Waals surface area (Å²) >= 11 is 0. The standard InChI is InChI=1S/C13H23N5O/c1-17(2)13-15-12(19-16-13)11-4-3-9-18(11)10-5-7-14-8-6-10/h10-11,14H,3-9H2,1-2H3. The lowest BCUT2D eigenvalue weighted by atomic mass is 10.0. The van der Waals surface area contributed by atoms with Crippen molar-refractivity contribution in [2.24, 2.45) is 0 Å². The smallest absolute Gasteiger partial charge is 0.265 e. The second kappa shape index (κ2) is 5.46. The first kappa shape index (κ1) is 12.9. The predicted molar refractivity (Wildman–Crippen MR) is 73.2 cm³/mol. The Morgan fingerprint density at radius 3 is 2.74 bits per heavy atom. The second-order valence-electron chi connectivity index (χ2n) is 5.70. The second-order valence-corrected chi connectivity index (χ2v) is 5.70. The van der Waals surface area contributed by atoms with E-state index in [-0.39, 0.29) is 0 Å². The van der Waals surface area contributed by atoms with Crippen molar-refractivity contribution in [3.63, 3.8) is 0 Å². The SMILES string of the molecule is CN(C)c1noc(C2CCCN2C2CCNCC2)n1. The zero-order chi connectivity index (χ0) is 13.2. The van der Waals surface area contributed by atoms with Gasteiger partial charge in [0, 0.05) is 20.1 Å². The fraction of sp³-hybridized carbons (Fsp3) is 0.846. The van der Waals surface area contributed by atoms with Gasteiger partial charge in [-0.3, -0.25) is 4.90 Å². The molecule has 0 aromatic carbocycles. The zero-order valence-electron chi connectivity index (χ0n) is 11.8. The van der Waals surface area contributed by atoms with Gasteiger partial charge < -0.3 is 14.7 Å². The summed E-state index contributed by atoms with van der Waals surface area (Å²) in [4.78, 5) is 8.99. The van der Waals surface area contributed by atoms with Crippen LogP contribution in [0.25, 0.3) is 0 Å². The fourth-order valence-electron chi connectivity index (χ4n) is 3.17. The fourth-order valence-corrected chi connectivity index (χ4v) is 3.17. The molecule has 2 aliphatic heterocycles. The molecule has 3 rings (SSSR count). The van der Waals surface area contributed by atoms with Crippen LogP contribution in [-0.2, 0) is 0 Å². The number of aromatic nitrogens is 2. The van der Waals surface area contributed by atoms with Gasteiger partial charge in [0.25, 0.3) is 5.95 Å². The van der Waals surface area contributed by atoms with Crippen LogP contribution in [0.5, 0.6) is 0 Å². The van der Waals surface area contributed by atoms with Crippen molar-refractivity contribution < 1.29 is 4.52 Å². The van der Waals surface area contributed by atoms with Crippen molar-refractivity contribution in [3.05, 3.63) is 5.89 Å². The monoisotopic (exact) mass is 265 g/mol. The summed E-state index contributed by atoms with van der Waals surface area (Å²) in [5, 5.41) is 7.47. The Hall–Kier alpha value is -1.14. The van der Waals surface area contributed by atoms with E-state index in [1.807, 2.05) is 19.0 Å². The Balaban J connectivity index is 1.74. The van der Waals surface area contributed by atoms with Crippen LogP contribution >= 0.6 is 0 Å². The van der Waals surface area contributed by atoms with Crippen LogP contribution in [0.2, 0.25) is 0 Å². The Morgan fingerprint density at radius 2 is 2.05 bits per heavy atom. The lowest BCUT2D eigenvalue weighted by Gasteiger charge is -2.34. The molecule has 0 radical (unpaired) electrons. The van der Waals surface area contributed by atoms with Crippen LogP contribution in [0.3, 0.4) is 0 Å². The Bertz CT molecular complexity index is 413. The molecule has 2 fully saturated rings. The number of nitrogens with one attached hydrogen (secondary N) is 1. The predicted octanol–water partition coefficient (Wildman–Crippen LogP) is 1.02. The van der Waals surface area contributed by atoms with Crippen molar-refractivity contribution in [1.82, 2.24) is 20.4 Å². The Labute approximate surface area is 114 Å². The van der Waals surface area contributed by atoms with Crippen molar-refractivity contribution in [2.75, 3.05) is 38.6 Å². The van der Waals surface area contributed by atoms with Crippen LogP contribution in [0.4, 0.5) is 5.95 Å². The van der Waals surface area contributed by atoms with Crippen molar-refractivity contribution in [2.45, 2.75) is 37.8 Å². The molecule has 1 aromatic rings. The van der Waals surface area contributed by atoms with Crippen LogP contribution in [0.1, 0.15) is 37.6 Å². The van der Waals surface area contributed by atoms with Gasteiger partial charge in [-0.2, -0.15) is 4.98 Å². The molecule has 6 nitrogen and oxygen atoms in total. The molecule has 0 amide bonds. The first-order valence-corrected chi connectivity index (χ1v) is 7.23. The summed E-state index contributed by atoms with van der Waals surface area (Å²) in [5.74, 6) is 1.46. The maximum atomic E-state index is 5.47. The van der Waals surface area contributed by atoms with E-state index < -0.39 is 0 Å². The normalized spacial score (nSPS) is 25.9. The molecule has 106 valence electrons. The minimum atomic E-state index is 0.323. The molecule has 0 bridgehead atoms. The lowest BCUT2D eigenvalue weighted by Crippen LogP contribution is -2.42. The molecule has 1 N–H and O–H groups in total. The molecule has 3 heterocycles. The zero-order valence-corrected chi connectivity index (χ0v) is 11.8. The topological polar surface area (TPSA) is 57.4 Å². The van der Waals surface area contributed by atoms with E-state index in [0.29, 0.717) is 18.0 Å². The molecular weight excluding hydrogens is 242 g/mol. The number of rotatable bonds is 3. The number of likely N-dealkylation sites (tertiary alicyclic amines) is 1. The van der Waals surface area contributed by atoms with E-state index in [2.05, 4.69) is 20.4 Å². The van der Waals surface area contributed by atoms with Gasteiger partial charge in [-0.15, -0.1) is 0 Å². The average molecular weight is 265 g/mol. The van der Waals surface area contributed by atoms with E-state index >= 15 is 0 Å². The number of nitrogens with zero attached hydrogens (tertiary/aromatic N) is 4. The van der Waals surface area contributed by atoms with Crippen molar-refractivity contribution in [3.8, 4) is 0 Å².